The van der Waals surface area contributed by atoms with Crippen LogP contribution in [0.3, 0.4) is 0 Å². The Morgan fingerprint density at radius 1 is 1.29 bits per heavy atom. The molecule has 0 bridgehead atoms. The molecule has 0 aliphatic carbocycles. The number of carbonyl (C=O) groups excluding carboxylic acids is 1. The standard InChI is InChI=1S/C12H13NO4/c1-8(7-11(14)15)13-12(16)9-3-5-10(17-2)6-4-9/h3-7H,1-2H3,(H,13,16)(H,14,15)/b8-7+. The molecule has 2 N–H and O–H groups in total. The number of aliphatic carboxylic acids is 1. The number of hydrogen-bond acceptors (Lipinski definition) is 3. The molecule has 1 amide bonds. The molecule has 0 spiro atoms. The summed E-state index contributed by atoms with van der Waals surface area (Å²) in [4.78, 5) is 22.0. The maximum absolute atomic E-state index is 11.7. The van der Waals surface area contributed by atoms with Crippen molar-refractivity contribution < 1.29 is 19.4 Å². The van der Waals surface area contributed by atoms with E-state index < -0.39 is 5.97 Å². The maximum Gasteiger partial charge on any atom is 0.330 e. The number of allylic oxidation sites excluding steroid dienone is 1. The van der Waals surface area contributed by atoms with Crippen LogP contribution in [-0.2, 0) is 4.79 Å². The van der Waals surface area contributed by atoms with Gasteiger partial charge in [0.2, 0.25) is 0 Å². The van der Waals surface area contributed by atoms with Crippen LogP contribution in [0.15, 0.2) is 36.0 Å². The van der Waals surface area contributed by atoms with Crippen LogP contribution >= 0.6 is 0 Å². The molecule has 0 aliphatic heterocycles. The van der Waals surface area contributed by atoms with Gasteiger partial charge in [0.25, 0.3) is 5.91 Å². The first-order valence-electron chi connectivity index (χ1n) is 4.89. The number of ether oxygens (including phenoxy) is 1. The van der Waals surface area contributed by atoms with Gasteiger partial charge >= 0.3 is 5.97 Å². The van der Waals surface area contributed by atoms with Gasteiger partial charge in [0.05, 0.1) is 7.11 Å². The average Bonchev–Trinajstić information content (AvgIpc) is 2.28. The van der Waals surface area contributed by atoms with Crippen LogP contribution in [0.1, 0.15) is 17.3 Å². The van der Waals surface area contributed by atoms with Crippen molar-refractivity contribution in [3.63, 3.8) is 0 Å². The highest BCUT2D eigenvalue weighted by atomic mass is 16.5. The van der Waals surface area contributed by atoms with Gasteiger partial charge in [-0.15, -0.1) is 0 Å². The van der Waals surface area contributed by atoms with Gasteiger partial charge in [-0.25, -0.2) is 4.79 Å². The van der Waals surface area contributed by atoms with Gasteiger partial charge in [-0.1, -0.05) is 0 Å². The number of nitrogens with one attached hydrogen (secondary N) is 1. The minimum atomic E-state index is -1.10. The number of carboxylic acid groups (broad SMARTS) is 1. The highest BCUT2D eigenvalue weighted by Gasteiger charge is 2.06. The van der Waals surface area contributed by atoms with Gasteiger partial charge in [-0.05, 0) is 31.2 Å². The zero-order valence-corrected chi connectivity index (χ0v) is 9.56. The maximum atomic E-state index is 11.7. The second kappa shape index (κ2) is 5.69. The molecule has 0 aromatic heterocycles. The normalized spacial score (nSPS) is 10.8. The third-order valence-corrected chi connectivity index (χ3v) is 2.00. The topological polar surface area (TPSA) is 75.6 Å². The van der Waals surface area contributed by atoms with Crippen LogP contribution in [0.4, 0.5) is 0 Å². The number of amides is 1. The number of carboxylic acids is 1. The van der Waals surface area contributed by atoms with Crippen LogP contribution in [-0.4, -0.2) is 24.1 Å². The summed E-state index contributed by atoms with van der Waals surface area (Å²) in [5.41, 5.74) is 0.710. The lowest BCUT2D eigenvalue weighted by molar-refractivity contribution is -0.131. The van der Waals surface area contributed by atoms with E-state index in [-0.39, 0.29) is 11.6 Å². The molecule has 1 aromatic rings. The van der Waals surface area contributed by atoms with E-state index in [0.29, 0.717) is 11.3 Å². The van der Waals surface area contributed by atoms with Gasteiger partial charge < -0.3 is 15.2 Å². The molecule has 0 heterocycles. The summed E-state index contributed by atoms with van der Waals surface area (Å²) >= 11 is 0. The first-order valence-corrected chi connectivity index (χ1v) is 4.89. The molecule has 5 heteroatoms. The monoisotopic (exact) mass is 235 g/mol. The Kier molecular flexibility index (Phi) is 4.28. The molecule has 0 unspecified atom stereocenters. The molecule has 90 valence electrons. The van der Waals surface area contributed by atoms with E-state index in [1.54, 1.807) is 24.3 Å². The van der Waals surface area contributed by atoms with Crippen LogP contribution < -0.4 is 10.1 Å². The predicted molar refractivity (Wildman–Crippen MR) is 61.9 cm³/mol. The summed E-state index contributed by atoms with van der Waals surface area (Å²) in [7, 11) is 1.54. The third-order valence-electron chi connectivity index (χ3n) is 2.00. The van der Waals surface area contributed by atoms with Gasteiger partial charge in [-0.3, -0.25) is 4.79 Å². The van der Waals surface area contributed by atoms with Gasteiger partial charge in [0.1, 0.15) is 5.75 Å². The molecule has 17 heavy (non-hydrogen) atoms. The van der Waals surface area contributed by atoms with E-state index in [1.807, 2.05) is 0 Å². The smallest absolute Gasteiger partial charge is 0.330 e. The summed E-state index contributed by atoms with van der Waals surface area (Å²) in [6.07, 6.45) is 0.932. The lowest BCUT2D eigenvalue weighted by Crippen LogP contribution is -2.21. The van der Waals surface area contributed by atoms with Crippen LogP contribution in [0.25, 0.3) is 0 Å². The molecule has 5 nitrogen and oxygen atoms in total. The van der Waals surface area contributed by atoms with Crippen LogP contribution in [0, 0.1) is 0 Å². The molecular weight excluding hydrogens is 222 g/mol. The average molecular weight is 235 g/mol. The van der Waals surface area contributed by atoms with Crippen molar-refractivity contribution >= 4 is 11.9 Å². The molecule has 1 aromatic carbocycles. The fourth-order valence-electron chi connectivity index (χ4n) is 1.21. The van der Waals surface area contributed by atoms with Crippen LogP contribution in [0.2, 0.25) is 0 Å². The lowest BCUT2D eigenvalue weighted by atomic mass is 10.2. The van der Waals surface area contributed by atoms with Crippen molar-refractivity contribution in [3.05, 3.63) is 41.6 Å². The summed E-state index contributed by atoms with van der Waals surface area (Å²) < 4.78 is 4.96. The molecule has 0 fully saturated rings. The summed E-state index contributed by atoms with van der Waals surface area (Å²) in [6.45, 7) is 1.51. The van der Waals surface area contributed by atoms with Gasteiger partial charge in [-0.2, -0.15) is 0 Å². The van der Waals surface area contributed by atoms with Crippen LogP contribution in [0.5, 0.6) is 5.75 Å². The molecule has 0 saturated heterocycles. The van der Waals surface area contributed by atoms with E-state index in [0.717, 1.165) is 6.08 Å². The zero-order valence-electron chi connectivity index (χ0n) is 9.56. The Bertz CT molecular complexity index is 448. The van der Waals surface area contributed by atoms with E-state index >= 15 is 0 Å². The van der Waals surface area contributed by atoms with Gasteiger partial charge in [0.15, 0.2) is 0 Å². The van der Waals surface area contributed by atoms with Crippen molar-refractivity contribution in [2.75, 3.05) is 7.11 Å². The summed E-state index contributed by atoms with van der Waals surface area (Å²) in [5.74, 6) is -0.806. The molecule has 0 radical (unpaired) electrons. The Morgan fingerprint density at radius 3 is 2.35 bits per heavy atom. The first kappa shape index (κ1) is 12.8. The Balaban J connectivity index is 2.73. The van der Waals surface area contributed by atoms with Crippen molar-refractivity contribution in [1.29, 1.82) is 0 Å². The fourth-order valence-corrected chi connectivity index (χ4v) is 1.21. The van der Waals surface area contributed by atoms with E-state index in [2.05, 4.69) is 5.32 Å². The molecular formula is C12H13NO4. The Hall–Kier alpha value is -2.30. The SMILES string of the molecule is COc1ccc(C(=O)N/C(C)=C/C(=O)O)cc1. The van der Waals surface area contributed by atoms with Crippen molar-refractivity contribution in [2.45, 2.75) is 6.92 Å². The summed E-state index contributed by atoms with van der Waals surface area (Å²) in [5, 5.41) is 11.0. The second-order valence-corrected chi connectivity index (χ2v) is 3.35. The van der Waals surface area contributed by atoms with Crippen molar-refractivity contribution in [3.8, 4) is 5.75 Å². The van der Waals surface area contributed by atoms with E-state index in [4.69, 9.17) is 9.84 Å². The zero-order chi connectivity index (χ0) is 12.8. The summed E-state index contributed by atoms with van der Waals surface area (Å²) in [6, 6.07) is 6.51. The molecule has 0 atom stereocenters. The molecule has 0 saturated carbocycles. The lowest BCUT2D eigenvalue weighted by Gasteiger charge is -2.05. The Labute approximate surface area is 98.7 Å². The number of benzene rings is 1. The quantitative estimate of drug-likeness (QED) is 0.774. The number of rotatable bonds is 4. The highest BCUT2D eigenvalue weighted by Crippen LogP contribution is 2.11. The third kappa shape index (κ3) is 3.98. The molecule has 0 aliphatic rings. The highest BCUT2D eigenvalue weighted by molar-refractivity contribution is 5.96. The van der Waals surface area contributed by atoms with Gasteiger partial charge in [0, 0.05) is 17.3 Å². The van der Waals surface area contributed by atoms with E-state index in [1.165, 1.54) is 14.0 Å². The number of hydrogen-bond donors (Lipinski definition) is 2. The predicted octanol–water partition coefficient (Wildman–Crippen LogP) is 1.41. The molecule has 1 rings (SSSR count). The Morgan fingerprint density at radius 2 is 1.88 bits per heavy atom. The largest absolute Gasteiger partial charge is 0.497 e. The number of methoxy groups -OCH3 is 1. The van der Waals surface area contributed by atoms with Crippen molar-refractivity contribution in [2.24, 2.45) is 0 Å². The fraction of sp³-hybridized carbons (Fsp3) is 0.167. The van der Waals surface area contributed by atoms with Crippen molar-refractivity contribution in [1.82, 2.24) is 5.32 Å². The second-order valence-electron chi connectivity index (χ2n) is 3.35. The van der Waals surface area contributed by atoms with E-state index in [9.17, 15) is 9.59 Å². The number of carbonyl (C=O) groups is 2. The minimum absolute atomic E-state index is 0.276. The minimum Gasteiger partial charge on any atom is -0.497 e. The first-order chi connectivity index (χ1) is 8.02.